The van der Waals surface area contributed by atoms with Crippen LogP contribution in [0.15, 0.2) is 23.8 Å². The fourth-order valence-electron chi connectivity index (χ4n) is 3.82. The maximum absolute atomic E-state index is 12.4. The topological polar surface area (TPSA) is 63.4 Å². The van der Waals surface area contributed by atoms with Gasteiger partial charge in [-0.3, -0.25) is 14.5 Å². The zero-order chi connectivity index (χ0) is 13.7. The fraction of sp³-hybridized carbons (Fsp3) is 0.600. The number of allylic oxidation sites excluding steroid dienone is 4. The molecule has 2 fully saturated rings. The lowest BCUT2D eigenvalue weighted by Crippen LogP contribution is -2.37. The molecule has 2 aliphatic carbocycles. The summed E-state index contributed by atoms with van der Waals surface area (Å²) in [6, 6.07) is 0. The van der Waals surface area contributed by atoms with Crippen molar-refractivity contribution in [2.75, 3.05) is 13.1 Å². The first-order chi connectivity index (χ1) is 9.06. The molecule has 1 heterocycles. The minimum atomic E-state index is -0.168. The molecule has 2 bridgehead atoms. The molecule has 0 radical (unpaired) electrons. The number of hydrogen-bond acceptors (Lipinski definition) is 3. The minimum absolute atomic E-state index is 0.0213. The highest BCUT2D eigenvalue weighted by Gasteiger charge is 2.61. The molecule has 2 unspecified atom stereocenters. The van der Waals surface area contributed by atoms with E-state index in [4.69, 9.17) is 5.73 Å². The number of nitrogens with two attached hydrogens (primary N) is 1. The van der Waals surface area contributed by atoms with Gasteiger partial charge in [-0.2, -0.15) is 0 Å². The summed E-state index contributed by atoms with van der Waals surface area (Å²) in [7, 11) is 0. The van der Waals surface area contributed by atoms with Crippen molar-refractivity contribution in [3.8, 4) is 0 Å². The van der Waals surface area contributed by atoms with Gasteiger partial charge >= 0.3 is 0 Å². The Morgan fingerprint density at radius 1 is 1.21 bits per heavy atom. The SMILES string of the molecule is CC(C)C=C1C2C=CC1[C@@H]1C(=O)N(CCN)C(=O)[C@H]21. The van der Waals surface area contributed by atoms with Gasteiger partial charge < -0.3 is 5.73 Å². The monoisotopic (exact) mass is 260 g/mol. The molecule has 19 heavy (non-hydrogen) atoms. The Balaban J connectivity index is 1.95. The summed E-state index contributed by atoms with van der Waals surface area (Å²) >= 11 is 0. The van der Waals surface area contributed by atoms with Crippen LogP contribution in [0.25, 0.3) is 0 Å². The second kappa shape index (κ2) is 4.30. The highest BCUT2D eigenvalue weighted by Crippen LogP contribution is 2.55. The maximum atomic E-state index is 12.4. The van der Waals surface area contributed by atoms with E-state index in [0.717, 1.165) is 0 Å². The van der Waals surface area contributed by atoms with Crippen molar-refractivity contribution in [3.63, 3.8) is 0 Å². The van der Waals surface area contributed by atoms with Crippen molar-refractivity contribution in [1.82, 2.24) is 4.90 Å². The molecule has 0 spiro atoms. The van der Waals surface area contributed by atoms with E-state index in [1.165, 1.54) is 10.5 Å². The molecule has 1 saturated heterocycles. The number of imide groups is 1. The summed E-state index contributed by atoms with van der Waals surface area (Å²) in [4.78, 5) is 26.2. The standard InChI is InChI=1S/C15H20N2O2/c1-8(2)7-11-9-3-4-10(11)13-12(9)14(18)17(6-5-16)15(13)19/h3-4,7-10,12-13H,5-6,16H2,1-2H3/t9?,10?,12-,13+. The van der Waals surface area contributed by atoms with Gasteiger partial charge in [0.2, 0.25) is 11.8 Å². The van der Waals surface area contributed by atoms with Crippen molar-refractivity contribution >= 4 is 11.8 Å². The number of amides is 2. The van der Waals surface area contributed by atoms with Gasteiger partial charge in [-0.05, 0) is 5.92 Å². The first-order valence-corrected chi connectivity index (χ1v) is 7.01. The third kappa shape index (κ3) is 1.62. The number of carbonyl (C=O) groups excluding carboxylic acids is 2. The first-order valence-electron chi connectivity index (χ1n) is 7.01. The summed E-state index contributed by atoms with van der Waals surface area (Å²) in [5, 5.41) is 0. The Kier molecular flexibility index (Phi) is 2.86. The van der Waals surface area contributed by atoms with E-state index in [-0.39, 0.29) is 35.5 Å². The Labute approximate surface area is 113 Å². The summed E-state index contributed by atoms with van der Waals surface area (Å²) in [5.74, 6) is 0.342. The molecule has 3 aliphatic rings. The van der Waals surface area contributed by atoms with E-state index in [1.54, 1.807) is 0 Å². The van der Waals surface area contributed by atoms with Gasteiger partial charge in [0, 0.05) is 24.9 Å². The number of nitrogens with zero attached hydrogens (tertiary/aromatic N) is 1. The van der Waals surface area contributed by atoms with Gasteiger partial charge in [-0.1, -0.05) is 37.6 Å². The molecular formula is C15H20N2O2. The number of fused-ring (bicyclic) bond motifs is 5. The van der Waals surface area contributed by atoms with Gasteiger partial charge in [0.25, 0.3) is 0 Å². The molecule has 1 saturated carbocycles. The van der Waals surface area contributed by atoms with Crippen LogP contribution in [0.4, 0.5) is 0 Å². The van der Waals surface area contributed by atoms with Crippen molar-refractivity contribution < 1.29 is 9.59 Å². The number of hydrogen-bond donors (Lipinski definition) is 1. The van der Waals surface area contributed by atoms with Crippen LogP contribution in [0, 0.1) is 29.6 Å². The lowest BCUT2D eigenvalue weighted by molar-refractivity contribution is -0.140. The molecule has 102 valence electrons. The molecule has 2 N–H and O–H groups in total. The average molecular weight is 260 g/mol. The van der Waals surface area contributed by atoms with Crippen LogP contribution in [0.2, 0.25) is 0 Å². The number of likely N-dealkylation sites (tertiary alicyclic amines) is 1. The molecule has 4 heteroatoms. The van der Waals surface area contributed by atoms with Crippen LogP contribution in [0.1, 0.15) is 13.8 Å². The van der Waals surface area contributed by atoms with Crippen molar-refractivity contribution in [3.05, 3.63) is 23.8 Å². The van der Waals surface area contributed by atoms with Gasteiger partial charge in [0.15, 0.2) is 0 Å². The highest BCUT2D eigenvalue weighted by atomic mass is 16.2. The molecule has 1 aliphatic heterocycles. The Hall–Kier alpha value is -1.42. The molecule has 0 aromatic heterocycles. The van der Waals surface area contributed by atoms with E-state index < -0.39 is 0 Å². The maximum Gasteiger partial charge on any atom is 0.234 e. The summed E-state index contributed by atoms with van der Waals surface area (Å²) in [6.45, 7) is 4.96. The van der Waals surface area contributed by atoms with Crippen molar-refractivity contribution in [1.29, 1.82) is 0 Å². The van der Waals surface area contributed by atoms with E-state index in [1.807, 2.05) is 0 Å². The largest absolute Gasteiger partial charge is 0.329 e. The third-order valence-corrected chi connectivity index (χ3v) is 4.44. The third-order valence-electron chi connectivity index (χ3n) is 4.44. The summed E-state index contributed by atoms with van der Waals surface area (Å²) in [5.41, 5.74) is 6.77. The van der Waals surface area contributed by atoms with E-state index in [2.05, 4.69) is 32.1 Å². The highest BCUT2D eigenvalue weighted by molar-refractivity contribution is 6.07. The van der Waals surface area contributed by atoms with E-state index in [0.29, 0.717) is 19.0 Å². The van der Waals surface area contributed by atoms with Gasteiger partial charge in [-0.15, -0.1) is 0 Å². The van der Waals surface area contributed by atoms with E-state index in [9.17, 15) is 9.59 Å². The molecule has 3 rings (SSSR count). The lowest BCUT2D eigenvalue weighted by atomic mass is 9.85. The summed E-state index contributed by atoms with van der Waals surface area (Å²) < 4.78 is 0. The molecule has 2 amide bonds. The van der Waals surface area contributed by atoms with Crippen LogP contribution in [0.3, 0.4) is 0 Å². The van der Waals surface area contributed by atoms with Gasteiger partial charge in [0.1, 0.15) is 0 Å². The minimum Gasteiger partial charge on any atom is -0.329 e. The first kappa shape index (κ1) is 12.6. The Morgan fingerprint density at radius 3 is 2.16 bits per heavy atom. The van der Waals surface area contributed by atoms with E-state index >= 15 is 0 Å². The zero-order valence-corrected chi connectivity index (χ0v) is 11.4. The van der Waals surface area contributed by atoms with Crippen LogP contribution in [-0.4, -0.2) is 29.8 Å². The molecule has 4 atom stereocenters. The molecule has 0 aromatic carbocycles. The molecule has 0 aromatic rings. The van der Waals surface area contributed by atoms with Crippen LogP contribution in [-0.2, 0) is 9.59 Å². The summed E-state index contributed by atoms with van der Waals surface area (Å²) in [6.07, 6.45) is 6.44. The van der Waals surface area contributed by atoms with Crippen LogP contribution < -0.4 is 5.73 Å². The molecular weight excluding hydrogens is 240 g/mol. The van der Waals surface area contributed by atoms with Gasteiger partial charge in [0.05, 0.1) is 11.8 Å². The predicted molar refractivity (Wildman–Crippen MR) is 71.8 cm³/mol. The second-order valence-corrected chi connectivity index (χ2v) is 6.02. The van der Waals surface area contributed by atoms with Crippen LogP contribution >= 0.6 is 0 Å². The number of carbonyl (C=O) groups is 2. The Morgan fingerprint density at radius 2 is 1.74 bits per heavy atom. The Bertz CT molecular complexity index is 458. The van der Waals surface area contributed by atoms with Crippen LogP contribution in [0.5, 0.6) is 0 Å². The fourth-order valence-corrected chi connectivity index (χ4v) is 3.82. The smallest absolute Gasteiger partial charge is 0.234 e. The lowest BCUT2D eigenvalue weighted by Gasteiger charge is -2.17. The van der Waals surface area contributed by atoms with Crippen molar-refractivity contribution in [2.24, 2.45) is 35.3 Å². The van der Waals surface area contributed by atoms with Crippen molar-refractivity contribution in [2.45, 2.75) is 13.8 Å². The predicted octanol–water partition coefficient (Wildman–Crippen LogP) is 0.944. The van der Waals surface area contributed by atoms with Gasteiger partial charge in [-0.25, -0.2) is 0 Å². The normalized spacial score (nSPS) is 38.1. The average Bonchev–Trinajstić information content (AvgIpc) is 2.95. The quantitative estimate of drug-likeness (QED) is 0.607. The zero-order valence-electron chi connectivity index (χ0n) is 11.4. The number of rotatable bonds is 3. The molecule has 4 nitrogen and oxygen atoms in total. The second-order valence-electron chi connectivity index (χ2n) is 6.02.